The van der Waals surface area contributed by atoms with E-state index >= 15 is 0 Å². The fourth-order valence-electron chi connectivity index (χ4n) is 0.845. The second-order valence-electron chi connectivity index (χ2n) is 2.39. The third-order valence-electron chi connectivity index (χ3n) is 1.42. The summed E-state index contributed by atoms with van der Waals surface area (Å²) < 4.78 is 0. The van der Waals surface area contributed by atoms with E-state index in [0.29, 0.717) is 11.3 Å². The van der Waals surface area contributed by atoms with Crippen molar-refractivity contribution in [3.05, 3.63) is 34.9 Å². The first-order valence-corrected chi connectivity index (χ1v) is 3.82. The lowest BCUT2D eigenvalue weighted by Crippen LogP contribution is -2.02. The van der Waals surface area contributed by atoms with Gasteiger partial charge in [-0.2, -0.15) is 0 Å². The van der Waals surface area contributed by atoms with E-state index in [2.05, 4.69) is 0 Å². The minimum atomic E-state index is -0.419. The van der Waals surface area contributed by atoms with Crippen molar-refractivity contribution in [1.29, 1.82) is 0 Å². The molecule has 0 fully saturated rings. The lowest BCUT2D eigenvalue weighted by atomic mass is 10.1. The molecule has 0 unspecified atom stereocenters. The van der Waals surface area contributed by atoms with E-state index in [1.54, 1.807) is 24.3 Å². The minimum Gasteiger partial charge on any atom is -0.412 e. The van der Waals surface area contributed by atoms with Crippen LogP contribution >= 0.6 is 11.6 Å². The molecule has 4 heteroatoms. The summed E-state index contributed by atoms with van der Waals surface area (Å²) in [5.41, 5.74) is 0.802. The van der Waals surface area contributed by atoms with Crippen LogP contribution in [-0.4, -0.2) is 17.5 Å². The standard InChI is InChI=1S/C9H7ClO2.H2O/c10-8-3-1-7(2-4-8)5-9(12)6-11;/h1-4,6H,5H2;1H2. The van der Waals surface area contributed by atoms with E-state index in [4.69, 9.17) is 11.6 Å². The lowest BCUT2D eigenvalue weighted by Gasteiger charge is -1.95. The molecule has 0 aliphatic heterocycles. The molecule has 0 bridgehead atoms. The van der Waals surface area contributed by atoms with Crippen molar-refractivity contribution in [3.63, 3.8) is 0 Å². The zero-order valence-corrected chi connectivity index (χ0v) is 7.54. The van der Waals surface area contributed by atoms with Crippen molar-refractivity contribution in [2.75, 3.05) is 0 Å². The first-order chi connectivity index (χ1) is 5.72. The Morgan fingerprint density at radius 1 is 1.31 bits per heavy atom. The molecule has 0 saturated carbocycles. The third-order valence-corrected chi connectivity index (χ3v) is 1.68. The highest BCUT2D eigenvalue weighted by Crippen LogP contribution is 2.09. The number of carbonyl (C=O) groups is 2. The van der Waals surface area contributed by atoms with Gasteiger partial charge in [0.15, 0.2) is 12.1 Å². The van der Waals surface area contributed by atoms with Crippen LogP contribution in [0.5, 0.6) is 0 Å². The molecule has 0 spiro atoms. The zero-order valence-electron chi connectivity index (χ0n) is 6.79. The molecule has 0 aliphatic carbocycles. The lowest BCUT2D eigenvalue weighted by molar-refractivity contribution is -0.129. The average molecular weight is 201 g/mol. The van der Waals surface area contributed by atoms with Crippen molar-refractivity contribution in [3.8, 4) is 0 Å². The second-order valence-corrected chi connectivity index (χ2v) is 2.82. The Kier molecular flexibility index (Phi) is 4.96. The topological polar surface area (TPSA) is 65.6 Å². The fourth-order valence-corrected chi connectivity index (χ4v) is 0.971. The molecular formula is C9H9ClO3. The van der Waals surface area contributed by atoms with Crippen LogP contribution in [0, 0.1) is 0 Å². The van der Waals surface area contributed by atoms with Crippen molar-refractivity contribution in [2.24, 2.45) is 0 Å². The Balaban J connectivity index is 0.00000144. The molecule has 70 valence electrons. The van der Waals surface area contributed by atoms with Crippen LogP contribution in [0.4, 0.5) is 0 Å². The predicted octanol–water partition coefficient (Wildman–Crippen LogP) is 0.826. The van der Waals surface area contributed by atoms with Crippen molar-refractivity contribution in [2.45, 2.75) is 6.42 Å². The molecule has 1 aromatic rings. The van der Waals surface area contributed by atoms with Gasteiger partial charge in [0.25, 0.3) is 0 Å². The van der Waals surface area contributed by atoms with Gasteiger partial charge in [0.2, 0.25) is 0 Å². The van der Waals surface area contributed by atoms with E-state index in [0.717, 1.165) is 5.56 Å². The van der Waals surface area contributed by atoms with Crippen molar-refractivity contribution in [1.82, 2.24) is 0 Å². The number of ketones is 1. The van der Waals surface area contributed by atoms with Crippen LogP contribution < -0.4 is 0 Å². The van der Waals surface area contributed by atoms with Crippen LogP contribution in [-0.2, 0) is 16.0 Å². The molecule has 1 rings (SSSR count). The first-order valence-electron chi connectivity index (χ1n) is 3.45. The molecular weight excluding hydrogens is 192 g/mol. The quantitative estimate of drug-likeness (QED) is 0.536. The summed E-state index contributed by atoms with van der Waals surface area (Å²) in [6.07, 6.45) is 0.481. The summed E-state index contributed by atoms with van der Waals surface area (Å²) in [5.74, 6) is -0.419. The van der Waals surface area contributed by atoms with Gasteiger partial charge in [0.05, 0.1) is 0 Å². The number of carbonyl (C=O) groups excluding carboxylic acids is 2. The summed E-state index contributed by atoms with van der Waals surface area (Å²) >= 11 is 5.63. The van der Waals surface area contributed by atoms with Gasteiger partial charge >= 0.3 is 0 Å². The molecule has 0 radical (unpaired) electrons. The number of rotatable bonds is 3. The smallest absolute Gasteiger partial charge is 0.199 e. The molecule has 0 saturated heterocycles. The van der Waals surface area contributed by atoms with Gasteiger partial charge in [0.1, 0.15) is 0 Å². The summed E-state index contributed by atoms with van der Waals surface area (Å²) in [6, 6.07) is 6.83. The van der Waals surface area contributed by atoms with Gasteiger partial charge in [-0.25, -0.2) is 0 Å². The van der Waals surface area contributed by atoms with E-state index < -0.39 is 5.78 Å². The highest BCUT2D eigenvalue weighted by atomic mass is 35.5. The molecule has 3 nitrogen and oxygen atoms in total. The largest absolute Gasteiger partial charge is 0.412 e. The number of halogens is 1. The van der Waals surface area contributed by atoms with Gasteiger partial charge in [-0.1, -0.05) is 23.7 Å². The van der Waals surface area contributed by atoms with Gasteiger partial charge < -0.3 is 5.48 Å². The Hall–Kier alpha value is -1.19. The van der Waals surface area contributed by atoms with Gasteiger partial charge in [-0.15, -0.1) is 0 Å². The number of hydrogen-bond donors (Lipinski definition) is 0. The van der Waals surface area contributed by atoms with Crippen LogP contribution in [0.3, 0.4) is 0 Å². The fraction of sp³-hybridized carbons (Fsp3) is 0.111. The van der Waals surface area contributed by atoms with Gasteiger partial charge in [-0.05, 0) is 17.7 Å². The minimum absolute atomic E-state index is 0. The maximum absolute atomic E-state index is 10.7. The van der Waals surface area contributed by atoms with E-state index in [1.165, 1.54) is 0 Å². The van der Waals surface area contributed by atoms with E-state index in [-0.39, 0.29) is 11.9 Å². The predicted molar refractivity (Wildman–Crippen MR) is 49.8 cm³/mol. The number of hydrogen-bond acceptors (Lipinski definition) is 2. The van der Waals surface area contributed by atoms with Crippen LogP contribution in [0.2, 0.25) is 5.02 Å². The molecule has 1 aromatic carbocycles. The summed E-state index contributed by atoms with van der Waals surface area (Å²) in [7, 11) is 0. The molecule has 2 N–H and O–H groups in total. The number of aldehydes is 1. The highest BCUT2D eigenvalue weighted by molar-refractivity contribution is 6.30. The maximum Gasteiger partial charge on any atom is 0.199 e. The Morgan fingerprint density at radius 3 is 2.31 bits per heavy atom. The Bertz CT molecular complexity index is 292. The van der Waals surface area contributed by atoms with E-state index in [9.17, 15) is 9.59 Å². The monoisotopic (exact) mass is 200 g/mol. The van der Waals surface area contributed by atoms with Crippen LogP contribution in [0.25, 0.3) is 0 Å². The summed E-state index contributed by atoms with van der Waals surface area (Å²) in [4.78, 5) is 20.7. The third kappa shape index (κ3) is 3.83. The number of Topliss-reactive ketones (excluding diaryl/α,β-unsaturated/α-hetero) is 1. The maximum atomic E-state index is 10.7. The molecule has 0 atom stereocenters. The van der Waals surface area contributed by atoms with Crippen LogP contribution in [0.15, 0.2) is 24.3 Å². The highest BCUT2D eigenvalue weighted by Gasteiger charge is 2.00. The molecule has 0 heterocycles. The molecule has 0 aliphatic rings. The van der Waals surface area contributed by atoms with Crippen molar-refractivity contribution >= 4 is 23.7 Å². The first kappa shape index (κ1) is 11.8. The van der Waals surface area contributed by atoms with Gasteiger partial charge in [0, 0.05) is 11.4 Å². The van der Waals surface area contributed by atoms with E-state index in [1.807, 2.05) is 0 Å². The normalized spacial score (nSPS) is 8.69. The molecule has 13 heavy (non-hydrogen) atoms. The average Bonchev–Trinajstić information content (AvgIpc) is 2.09. The molecule has 0 amide bonds. The Morgan fingerprint density at radius 2 is 1.85 bits per heavy atom. The van der Waals surface area contributed by atoms with Crippen molar-refractivity contribution < 1.29 is 15.1 Å². The second kappa shape index (κ2) is 5.45. The SMILES string of the molecule is O.O=CC(=O)Cc1ccc(Cl)cc1. The number of benzene rings is 1. The summed E-state index contributed by atoms with van der Waals surface area (Å²) in [5, 5.41) is 0.623. The molecule has 0 aromatic heterocycles. The van der Waals surface area contributed by atoms with Gasteiger partial charge in [-0.3, -0.25) is 9.59 Å². The summed E-state index contributed by atoms with van der Waals surface area (Å²) in [6.45, 7) is 0. The Labute approximate surface area is 80.6 Å². The zero-order chi connectivity index (χ0) is 8.97. The van der Waals surface area contributed by atoms with Crippen LogP contribution in [0.1, 0.15) is 5.56 Å².